The Hall–Kier alpha value is -6.98. The molecular formula is C46H28N4O. The molecule has 0 atom stereocenters. The first-order valence-corrected chi connectivity index (χ1v) is 17.2. The second kappa shape index (κ2) is 10.8. The molecule has 238 valence electrons. The van der Waals surface area contributed by atoms with Crippen molar-refractivity contribution >= 4 is 65.6 Å². The van der Waals surface area contributed by atoms with E-state index in [1.165, 1.54) is 5.39 Å². The molecule has 0 fully saturated rings. The molecule has 0 aliphatic rings. The molecule has 0 aliphatic heterocycles. The topological polar surface area (TPSA) is 48.8 Å². The summed E-state index contributed by atoms with van der Waals surface area (Å²) in [5, 5.41) is 6.92. The summed E-state index contributed by atoms with van der Waals surface area (Å²) in [7, 11) is 0. The van der Waals surface area contributed by atoms with Crippen LogP contribution in [0.3, 0.4) is 0 Å². The van der Waals surface area contributed by atoms with Crippen molar-refractivity contribution in [1.82, 2.24) is 19.1 Å². The highest BCUT2D eigenvalue weighted by atomic mass is 16.3. The Morgan fingerprint density at radius 1 is 0.392 bits per heavy atom. The molecule has 4 aromatic heterocycles. The number of hydrogen-bond acceptors (Lipinski definition) is 3. The maximum absolute atomic E-state index is 6.38. The molecule has 11 rings (SSSR count). The second-order valence-corrected chi connectivity index (χ2v) is 13.1. The zero-order valence-electron chi connectivity index (χ0n) is 27.4. The van der Waals surface area contributed by atoms with Crippen LogP contribution in [0.2, 0.25) is 0 Å². The summed E-state index contributed by atoms with van der Waals surface area (Å²) in [6.07, 6.45) is 1.85. The first-order valence-electron chi connectivity index (χ1n) is 17.2. The molecule has 7 aromatic carbocycles. The molecule has 0 saturated heterocycles. The van der Waals surface area contributed by atoms with E-state index in [1.807, 2.05) is 42.6 Å². The summed E-state index contributed by atoms with van der Waals surface area (Å²) in [6, 6.07) is 57.7. The van der Waals surface area contributed by atoms with Gasteiger partial charge in [0.1, 0.15) is 11.2 Å². The lowest BCUT2D eigenvalue weighted by Crippen LogP contribution is -2.01. The van der Waals surface area contributed by atoms with Crippen LogP contribution in [0.4, 0.5) is 0 Å². The fourth-order valence-electron chi connectivity index (χ4n) is 7.87. The van der Waals surface area contributed by atoms with Crippen molar-refractivity contribution in [3.63, 3.8) is 0 Å². The van der Waals surface area contributed by atoms with Gasteiger partial charge in [0.05, 0.1) is 27.8 Å². The van der Waals surface area contributed by atoms with Crippen molar-refractivity contribution in [1.29, 1.82) is 0 Å². The molecule has 0 aliphatic carbocycles. The maximum Gasteiger partial charge on any atom is 0.235 e. The number of rotatable bonds is 4. The number of para-hydroxylation sites is 3. The Labute approximate surface area is 292 Å². The molecular weight excluding hydrogens is 625 g/mol. The highest BCUT2D eigenvalue weighted by Crippen LogP contribution is 2.41. The molecule has 5 nitrogen and oxygen atoms in total. The zero-order valence-corrected chi connectivity index (χ0v) is 27.4. The number of furan rings is 1. The average Bonchev–Trinajstić information content (AvgIpc) is 3.84. The van der Waals surface area contributed by atoms with Gasteiger partial charge in [-0.05, 0) is 77.9 Å². The van der Waals surface area contributed by atoms with Crippen LogP contribution in [0.25, 0.3) is 99.6 Å². The van der Waals surface area contributed by atoms with Gasteiger partial charge in [0.25, 0.3) is 0 Å². The molecule has 51 heavy (non-hydrogen) atoms. The van der Waals surface area contributed by atoms with Gasteiger partial charge in [0.2, 0.25) is 5.95 Å². The lowest BCUT2D eigenvalue weighted by molar-refractivity contribution is 0.669. The molecule has 0 N–H and O–H groups in total. The Bertz CT molecular complexity index is 3130. The van der Waals surface area contributed by atoms with Crippen molar-refractivity contribution < 1.29 is 4.42 Å². The summed E-state index contributed by atoms with van der Waals surface area (Å²) in [4.78, 5) is 9.79. The van der Waals surface area contributed by atoms with Crippen LogP contribution in [0.1, 0.15) is 0 Å². The fraction of sp³-hybridized carbons (Fsp3) is 0. The van der Waals surface area contributed by atoms with Gasteiger partial charge in [0.15, 0.2) is 0 Å². The Kier molecular flexibility index (Phi) is 5.89. The predicted octanol–water partition coefficient (Wildman–Crippen LogP) is 11.9. The van der Waals surface area contributed by atoms with E-state index in [0.717, 1.165) is 88.2 Å². The number of aromatic nitrogens is 4. The van der Waals surface area contributed by atoms with Gasteiger partial charge in [-0.2, -0.15) is 0 Å². The van der Waals surface area contributed by atoms with Crippen LogP contribution in [0, 0.1) is 0 Å². The summed E-state index contributed by atoms with van der Waals surface area (Å²) in [5.41, 5.74) is 11.6. The van der Waals surface area contributed by atoms with Gasteiger partial charge in [-0.3, -0.25) is 4.57 Å². The van der Waals surface area contributed by atoms with Gasteiger partial charge in [-0.1, -0.05) is 97.1 Å². The van der Waals surface area contributed by atoms with E-state index in [-0.39, 0.29) is 0 Å². The second-order valence-electron chi connectivity index (χ2n) is 13.1. The predicted molar refractivity (Wildman–Crippen MR) is 209 cm³/mol. The van der Waals surface area contributed by atoms with Crippen LogP contribution >= 0.6 is 0 Å². The normalized spacial score (nSPS) is 11.9. The summed E-state index contributed by atoms with van der Waals surface area (Å²) in [6.45, 7) is 0. The largest absolute Gasteiger partial charge is 0.456 e. The molecule has 11 aromatic rings. The molecule has 0 saturated carbocycles. The minimum atomic E-state index is 0.655. The molecule has 0 radical (unpaired) electrons. The number of nitrogens with zero attached hydrogens (tertiary/aromatic N) is 4. The molecule has 4 heterocycles. The number of hydrogen-bond donors (Lipinski definition) is 0. The summed E-state index contributed by atoms with van der Waals surface area (Å²) < 4.78 is 10.9. The van der Waals surface area contributed by atoms with E-state index < -0.39 is 0 Å². The van der Waals surface area contributed by atoms with E-state index >= 15 is 0 Å². The minimum Gasteiger partial charge on any atom is -0.456 e. The van der Waals surface area contributed by atoms with Crippen LogP contribution in [-0.2, 0) is 0 Å². The maximum atomic E-state index is 6.38. The van der Waals surface area contributed by atoms with E-state index in [9.17, 15) is 0 Å². The van der Waals surface area contributed by atoms with Gasteiger partial charge in [-0.15, -0.1) is 0 Å². The van der Waals surface area contributed by atoms with Gasteiger partial charge in [-0.25, -0.2) is 9.97 Å². The van der Waals surface area contributed by atoms with E-state index in [2.05, 4.69) is 137 Å². The van der Waals surface area contributed by atoms with Crippen molar-refractivity contribution in [2.45, 2.75) is 0 Å². The minimum absolute atomic E-state index is 0.655. The third kappa shape index (κ3) is 4.22. The molecule has 5 heteroatoms. The SMILES string of the molecule is c1ccc(-c2ccnc(-n3c4ccccc4c4cc(-c5ccc6c(c5)c5cc7oc8ccccc8c7cc5n6-c5ccccc5)ccc43)n2)cc1. The summed E-state index contributed by atoms with van der Waals surface area (Å²) in [5.74, 6) is 0.655. The van der Waals surface area contributed by atoms with E-state index in [4.69, 9.17) is 14.4 Å². The monoisotopic (exact) mass is 652 g/mol. The standard InChI is InChI=1S/C46H28N4O/c1-3-11-29(12-4-1)39-23-24-47-46(48-39)50-40-17-9-7-15-33(40)35-25-30(20-22-42(35)50)31-19-21-41-36(26-31)37-28-45-38(34-16-8-10-18-44(34)51-45)27-43(37)49(41)32-13-5-2-6-14-32/h1-28H. The smallest absolute Gasteiger partial charge is 0.235 e. The molecule has 0 unspecified atom stereocenters. The van der Waals surface area contributed by atoms with E-state index in [1.54, 1.807) is 0 Å². The third-order valence-corrected chi connectivity index (χ3v) is 10.2. The lowest BCUT2D eigenvalue weighted by Gasteiger charge is -2.09. The van der Waals surface area contributed by atoms with Crippen molar-refractivity contribution in [3.8, 4) is 34.0 Å². The van der Waals surface area contributed by atoms with Gasteiger partial charge < -0.3 is 8.98 Å². The van der Waals surface area contributed by atoms with Crippen LogP contribution < -0.4 is 0 Å². The molecule has 0 bridgehead atoms. The molecule has 0 spiro atoms. The Balaban J connectivity index is 1.12. The van der Waals surface area contributed by atoms with Crippen molar-refractivity contribution in [3.05, 3.63) is 170 Å². The highest BCUT2D eigenvalue weighted by Gasteiger charge is 2.19. The molecule has 0 amide bonds. The zero-order chi connectivity index (χ0) is 33.5. The highest BCUT2D eigenvalue weighted by molar-refractivity contribution is 6.18. The van der Waals surface area contributed by atoms with Crippen molar-refractivity contribution in [2.24, 2.45) is 0 Å². The Morgan fingerprint density at radius 2 is 1.02 bits per heavy atom. The first-order chi connectivity index (χ1) is 25.3. The van der Waals surface area contributed by atoms with Crippen LogP contribution in [0.5, 0.6) is 0 Å². The quantitative estimate of drug-likeness (QED) is 0.190. The van der Waals surface area contributed by atoms with Gasteiger partial charge in [0, 0.05) is 49.8 Å². The van der Waals surface area contributed by atoms with Crippen LogP contribution in [0.15, 0.2) is 174 Å². The lowest BCUT2D eigenvalue weighted by atomic mass is 10.0. The first kappa shape index (κ1) is 27.9. The average molecular weight is 653 g/mol. The van der Waals surface area contributed by atoms with Gasteiger partial charge >= 0.3 is 0 Å². The Morgan fingerprint density at radius 3 is 1.82 bits per heavy atom. The fourth-order valence-corrected chi connectivity index (χ4v) is 7.87. The number of fused-ring (bicyclic) bond motifs is 9. The van der Waals surface area contributed by atoms with Crippen molar-refractivity contribution in [2.75, 3.05) is 0 Å². The van der Waals surface area contributed by atoms with E-state index in [0.29, 0.717) is 5.95 Å². The van der Waals surface area contributed by atoms with Crippen LogP contribution in [-0.4, -0.2) is 19.1 Å². The summed E-state index contributed by atoms with van der Waals surface area (Å²) >= 11 is 0. The number of benzene rings is 7. The third-order valence-electron chi connectivity index (χ3n) is 10.2.